The molecular weight excluding hydrogens is 601 g/mol. The summed E-state index contributed by atoms with van der Waals surface area (Å²) in [4.78, 5) is 27.6. The third kappa shape index (κ3) is 9.23. The third-order valence-corrected chi connectivity index (χ3v) is 10.1. The number of amides is 1. The van der Waals surface area contributed by atoms with Gasteiger partial charge >= 0.3 is 5.97 Å². The highest BCUT2D eigenvalue weighted by atomic mass is 32.2. The molecule has 4 rings (SSSR count). The van der Waals surface area contributed by atoms with Crippen LogP contribution in [0.25, 0.3) is 11.1 Å². The van der Waals surface area contributed by atoms with Crippen LogP contribution in [0.1, 0.15) is 46.3 Å². The van der Waals surface area contributed by atoms with Crippen molar-refractivity contribution in [3.05, 3.63) is 95.1 Å². The number of sulfone groups is 2. The number of hydrogen-bond donors (Lipinski definition) is 2. The smallest absolute Gasteiger partial charge is 0.326 e. The van der Waals surface area contributed by atoms with E-state index in [1.54, 1.807) is 6.07 Å². The lowest BCUT2D eigenvalue weighted by atomic mass is 9.93. The molecular formula is C33H40N2O7S2. The van der Waals surface area contributed by atoms with Crippen molar-refractivity contribution in [3.8, 4) is 11.1 Å². The minimum atomic E-state index is -3.42. The summed E-state index contributed by atoms with van der Waals surface area (Å²) in [6.07, 6.45) is 4.45. The largest absolute Gasteiger partial charge is 0.480 e. The quantitative estimate of drug-likeness (QED) is 0.287. The van der Waals surface area contributed by atoms with Crippen molar-refractivity contribution in [2.75, 3.05) is 24.0 Å². The second kappa shape index (κ2) is 14.0. The van der Waals surface area contributed by atoms with E-state index in [-0.39, 0.29) is 35.6 Å². The van der Waals surface area contributed by atoms with Gasteiger partial charge in [-0.05, 0) is 72.6 Å². The first-order valence-electron chi connectivity index (χ1n) is 14.6. The number of benzene rings is 3. The highest BCUT2D eigenvalue weighted by molar-refractivity contribution is 7.90. The molecule has 0 aliphatic carbocycles. The van der Waals surface area contributed by atoms with E-state index in [0.717, 1.165) is 42.2 Å². The summed E-state index contributed by atoms with van der Waals surface area (Å²) < 4.78 is 48.0. The molecule has 1 amide bonds. The summed E-state index contributed by atoms with van der Waals surface area (Å²) in [5.41, 5.74) is 4.68. The monoisotopic (exact) mass is 640 g/mol. The third-order valence-electron chi connectivity index (χ3n) is 8.09. The first-order chi connectivity index (χ1) is 20.7. The Morgan fingerprint density at radius 1 is 0.864 bits per heavy atom. The van der Waals surface area contributed by atoms with Gasteiger partial charge in [-0.15, -0.1) is 0 Å². The summed E-state index contributed by atoms with van der Waals surface area (Å²) in [6.45, 7) is 2.40. The Bertz CT molecular complexity index is 1710. The van der Waals surface area contributed by atoms with Crippen LogP contribution in [0.2, 0.25) is 0 Å². The average Bonchev–Trinajstić information content (AvgIpc) is 3.29. The highest BCUT2D eigenvalue weighted by Crippen LogP contribution is 2.33. The van der Waals surface area contributed by atoms with Crippen molar-refractivity contribution in [2.24, 2.45) is 0 Å². The minimum absolute atomic E-state index is 0.0630. The predicted molar refractivity (Wildman–Crippen MR) is 172 cm³/mol. The van der Waals surface area contributed by atoms with Crippen LogP contribution >= 0.6 is 0 Å². The van der Waals surface area contributed by atoms with Crippen LogP contribution in [-0.2, 0) is 37.4 Å². The fourth-order valence-electron chi connectivity index (χ4n) is 5.93. The first kappa shape index (κ1) is 33.4. The van der Waals surface area contributed by atoms with Crippen LogP contribution in [0.4, 0.5) is 0 Å². The number of carboxylic acid groups (broad SMARTS) is 1. The number of nitrogens with one attached hydrogen (secondary N) is 1. The Hall–Kier alpha value is -3.54. The second-order valence-corrected chi connectivity index (χ2v) is 16.3. The molecule has 1 aliphatic heterocycles. The van der Waals surface area contributed by atoms with Gasteiger partial charge in [-0.3, -0.25) is 9.69 Å². The zero-order chi connectivity index (χ0) is 32.1. The maximum atomic E-state index is 13.5. The molecule has 0 bridgehead atoms. The number of carbonyl (C=O) groups excluding carboxylic acids is 1. The van der Waals surface area contributed by atoms with Crippen LogP contribution in [0, 0.1) is 6.92 Å². The zero-order valence-corrected chi connectivity index (χ0v) is 26.9. The Morgan fingerprint density at radius 2 is 1.52 bits per heavy atom. The molecule has 44 heavy (non-hydrogen) atoms. The van der Waals surface area contributed by atoms with Gasteiger partial charge in [0, 0.05) is 36.7 Å². The molecule has 1 saturated heterocycles. The Morgan fingerprint density at radius 3 is 2.16 bits per heavy atom. The summed E-state index contributed by atoms with van der Waals surface area (Å²) in [5.74, 6) is -2.24. The van der Waals surface area contributed by atoms with Gasteiger partial charge in [0.25, 0.3) is 5.91 Å². The van der Waals surface area contributed by atoms with Gasteiger partial charge in [0.1, 0.15) is 25.7 Å². The van der Waals surface area contributed by atoms with Gasteiger partial charge in [0.15, 0.2) is 0 Å². The van der Waals surface area contributed by atoms with Crippen molar-refractivity contribution >= 4 is 31.6 Å². The first-order valence-corrected chi connectivity index (χ1v) is 18.7. The molecule has 0 saturated carbocycles. The number of likely N-dealkylation sites (tertiary alicyclic amines) is 1. The normalized spacial score (nSPS) is 18.2. The lowest BCUT2D eigenvalue weighted by Crippen LogP contribution is -2.42. The number of aliphatic carboxylic acids is 1. The number of hydrogen-bond acceptors (Lipinski definition) is 7. The number of rotatable bonds is 13. The van der Waals surface area contributed by atoms with Crippen LogP contribution in [0.15, 0.2) is 72.8 Å². The second-order valence-electron chi connectivity index (χ2n) is 11.8. The molecule has 236 valence electrons. The maximum absolute atomic E-state index is 13.5. The van der Waals surface area contributed by atoms with Crippen LogP contribution < -0.4 is 5.32 Å². The van der Waals surface area contributed by atoms with E-state index in [1.807, 2.05) is 61.5 Å². The van der Waals surface area contributed by atoms with Gasteiger partial charge < -0.3 is 10.4 Å². The maximum Gasteiger partial charge on any atom is 0.326 e. The van der Waals surface area contributed by atoms with Gasteiger partial charge in [-0.2, -0.15) is 0 Å². The van der Waals surface area contributed by atoms with Gasteiger partial charge in [0.2, 0.25) is 0 Å². The minimum Gasteiger partial charge on any atom is -0.480 e. The van der Waals surface area contributed by atoms with Crippen LogP contribution in [0.3, 0.4) is 0 Å². The fourth-order valence-corrected chi connectivity index (χ4v) is 7.65. The molecule has 3 atom stereocenters. The van der Waals surface area contributed by atoms with Gasteiger partial charge in [0.05, 0.1) is 11.5 Å². The van der Waals surface area contributed by atoms with E-state index in [9.17, 15) is 31.5 Å². The van der Waals surface area contributed by atoms with Gasteiger partial charge in [-0.1, -0.05) is 60.7 Å². The van der Waals surface area contributed by atoms with Gasteiger partial charge in [-0.25, -0.2) is 21.6 Å². The predicted octanol–water partition coefficient (Wildman–Crippen LogP) is 3.90. The number of nitrogens with zero attached hydrogens (tertiary/aromatic N) is 1. The van der Waals surface area contributed by atoms with E-state index in [4.69, 9.17) is 0 Å². The molecule has 1 aliphatic rings. The summed E-state index contributed by atoms with van der Waals surface area (Å²) in [5, 5.41) is 12.2. The van der Waals surface area contributed by atoms with Crippen molar-refractivity contribution in [2.45, 2.75) is 57.3 Å². The van der Waals surface area contributed by atoms with Crippen molar-refractivity contribution < 1.29 is 31.5 Å². The van der Waals surface area contributed by atoms with E-state index < -0.39 is 37.6 Å². The molecule has 11 heteroatoms. The van der Waals surface area contributed by atoms with Crippen LogP contribution in [-0.4, -0.2) is 80.9 Å². The van der Waals surface area contributed by atoms with Crippen molar-refractivity contribution in [1.29, 1.82) is 0 Å². The lowest BCUT2D eigenvalue weighted by molar-refractivity contribution is -0.139. The summed E-state index contributed by atoms with van der Waals surface area (Å²) in [6, 6.07) is 21.7. The van der Waals surface area contributed by atoms with Crippen molar-refractivity contribution in [3.63, 3.8) is 0 Å². The Kier molecular flexibility index (Phi) is 10.6. The molecule has 9 nitrogen and oxygen atoms in total. The summed E-state index contributed by atoms with van der Waals surface area (Å²) in [7, 11) is -6.64. The standard InChI is InChI=1S/C33H40N2O7S2/c1-23-9-7-8-12-28(23)30-20-25(13-16-29(30)32(36)34-31(33(37)38)17-18-43(2,39)40)21-35-26(19-24-10-5-4-6-11-24)14-15-27(35)22-44(3,41)42/h4-13,16,20,26-27,31H,14-15,17-19,21-22H2,1-3H3,(H,34,36)(H,37,38)/t26-,27+,31+/m1/s1. The van der Waals surface area contributed by atoms with E-state index >= 15 is 0 Å². The SMILES string of the molecule is Cc1ccccc1-c1cc(CN2[C@@H](Cc3ccccc3)CC[C@H]2CS(C)(=O)=O)ccc1C(=O)N[C@@H](CCS(C)(=O)=O)C(=O)O. The molecule has 0 radical (unpaired) electrons. The molecule has 0 spiro atoms. The van der Waals surface area contributed by atoms with Crippen molar-refractivity contribution in [1.82, 2.24) is 10.2 Å². The molecule has 0 unspecified atom stereocenters. The lowest BCUT2D eigenvalue weighted by Gasteiger charge is -2.30. The molecule has 1 fully saturated rings. The summed E-state index contributed by atoms with van der Waals surface area (Å²) >= 11 is 0. The number of carboxylic acids is 1. The Balaban J connectivity index is 1.68. The zero-order valence-electron chi connectivity index (χ0n) is 25.3. The molecule has 1 heterocycles. The van der Waals surface area contributed by atoms with E-state index in [1.165, 1.54) is 11.8 Å². The fraction of sp³-hybridized carbons (Fsp3) is 0.394. The number of aryl methyl sites for hydroxylation is 1. The van der Waals surface area contributed by atoms with E-state index in [2.05, 4.69) is 22.3 Å². The Labute approximate surface area is 260 Å². The molecule has 3 aromatic rings. The molecule has 3 aromatic carbocycles. The van der Waals surface area contributed by atoms with Crippen LogP contribution in [0.5, 0.6) is 0 Å². The highest BCUT2D eigenvalue weighted by Gasteiger charge is 2.35. The topological polar surface area (TPSA) is 138 Å². The van der Waals surface area contributed by atoms with E-state index in [0.29, 0.717) is 12.1 Å². The average molecular weight is 641 g/mol. The molecule has 0 aromatic heterocycles. The number of carbonyl (C=O) groups is 2. The molecule has 2 N–H and O–H groups in total.